The van der Waals surface area contributed by atoms with Gasteiger partial charge in [-0.1, -0.05) is 35.5 Å². The van der Waals surface area contributed by atoms with Crippen LogP contribution in [0.25, 0.3) is 22.4 Å². The molecule has 1 aromatic heterocycles. The summed E-state index contributed by atoms with van der Waals surface area (Å²) in [6, 6.07) is 12.4. The monoisotopic (exact) mass is 282 g/mol. The lowest BCUT2D eigenvalue weighted by atomic mass is 9.95. The number of benzene rings is 2. The van der Waals surface area contributed by atoms with Crippen LogP contribution in [0, 0.1) is 19.7 Å². The Morgan fingerprint density at radius 3 is 2.48 bits per heavy atom. The van der Waals surface area contributed by atoms with E-state index in [0.717, 1.165) is 16.7 Å². The average molecular weight is 282 g/mol. The van der Waals surface area contributed by atoms with Crippen molar-refractivity contribution in [2.24, 2.45) is 0 Å². The molecule has 2 aromatic carbocycles. The molecule has 3 nitrogen and oxygen atoms in total. The van der Waals surface area contributed by atoms with E-state index in [2.05, 4.69) is 5.16 Å². The van der Waals surface area contributed by atoms with Gasteiger partial charge in [0.1, 0.15) is 11.5 Å². The van der Waals surface area contributed by atoms with E-state index in [-0.39, 0.29) is 11.7 Å². The van der Waals surface area contributed by atoms with Crippen LogP contribution in [0.4, 0.5) is 10.3 Å². The van der Waals surface area contributed by atoms with Crippen LogP contribution in [0.5, 0.6) is 0 Å². The Balaban J connectivity index is 2.27. The molecule has 4 heteroatoms. The lowest BCUT2D eigenvalue weighted by molar-refractivity contribution is 0.439. The molecule has 0 aliphatic rings. The fourth-order valence-corrected chi connectivity index (χ4v) is 2.45. The number of anilines is 1. The zero-order chi connectivity index (χ0) is 15.0. The fourth-order valence-electron chi connectivity index (χ4n) is 2.45. The largest absolute Gasteiger partial charge is 0.367 e. The van der Waals surface area contributed by atoms with Gasteiger partial charge >= 0.3 is 0 Å². The third kappa shape index (κ3) is 2.29. The van der Waals surface area contributed by atoms with E-state index in [9.17, 15) is 4.39 Å². The second-order valence-corrected chi connectivity index (χ2v) is 5.04. The van der Waals surface area contributed by atoms with Crippen molar-refractivity contribution in [3.05, 3.63) is 59.4 Å². The summed E-state index contributed by atoms with van der Waals surface area (Å²) >= 11 is 0. The van der Waals surface area contributed by atoms with Gasteiger partial charge in [0, 0.05) is 5.56 Å². The minimum Gasteiger partial charge on any atom is -0.367 e. The maximum Gasteiger partial charge on any atom is 0.230 e. The van der Waals surface area contributed by atoms with Crippen molar-refractivity contribution in [3.8, 4) is 22.4 Å². The van der Waals surface area contributed by atoms with Crippen molar-refractivity contribution < 1.29 is 8.91 Å². The first-order valence-corrected chi connectivity index (χ1v) is 6.65. The molecule has 0 amide bonds. The number of rotatable bonds is 2. The van der Waals surface area contributed by atoms with Crippen LogP contribution in [-0.2, 0) is 0 Å². The number of nitrogen functional groups attached to an aromatic ring is 1. The van der Waals surface area contributed by atoms with Crippen molar-refractivity contribution in [1.82, 2.24) is 5.16 Å². The second kappa shape index (κ2) is 5.05. The highest BCUT2D eigenvalue weighted by atomic mass is 19.1. The Hall–Kier alpha value is -2.62. The summed E-state index contributed by atoms with van der Waals surface area (Å²) in [6.07, 6.45) is 0. The average Bonchev–Trinajstić information content (AvgIpc) is 2.84. The van der Waals surface area contributed by atoms with Crippen molar-refractivity contribution in [2.45, 2.75) is 13.8 Å². The van der Waals surface area contributed by atoms with Crippen LogP contribution in [-0.4, -0.2) is 5.16 Å². The van der Waals surface area contributed by atoms with Crippen LogP contribution in [0.2, 0.25) is 0 Å². The van der Waals surface area contributed by atoms with Gasteiger partial charge in [-0.15, -0.1) is 0 Å². The Morgan fingerprint density at radius 2 is 1.71 bits per heavy atom. The van der Waals surface area contributed by atoms with E-state index in [1.165, 1.54) is 12.1 Å². The topological polar surface area (TPSA) is 52.0 Å². The summed E-state index contributed by atoms with van der Waals surface area (Å²) in [4.78, 5) is 0. The second-order valence-electron chi connectivity index (χ2n) is 5.04. The summed E-state index contributed by atoms with van der Waals surface area (Å²) < 4.78 is 18.7. The van der Waals surface area contributed by atoms with Gasteiger partial charge in [-0.25, -0.2) is 4.39 Å². The first kappa shape index (κ1) is 13.4. The van der Waals surface area contributed by atoms with Crippen molar-refractivity contribution >= 4 is 5.88 Å². The molecule has 0 aliphatic heterocycles. The van der Waals surface area contributed by atoms with Gasteiger partial charge in [0.2, 0.25) is 5.88 Å². The molecule has 0 radical (unpaired) electrons. The maximum atomic E-state index is 13.6. The first-order chi connectivity index (χ1) is 10.1. The molecule has 0 unspecified atom stereocenters. The summed E-state index contributed by atoms with van der Waals surface area (Å²) in [6.45, 7) is 3.89. The first-order valence-electron chi connectivity index (χ1n) is 6.65. The summed E-state index contributed by atoms with van der Waals surface area (Å²) in [7, 11) is 0. The molecule has 106 valence electrons. The van der Waals surface area contributed by atoms with Crippen molar-refractivity contribution in [1.29, 1.82) is 0 Å². The predicted octanol–water partition coefficient (Wildman–Crippen LogP) is 4.35. The molecule has 3 aromatic rings. The molecule has 0 bridgehead atoms. The molecule has 1 heterocycles. The van der Waals surface area contributed by atoms with Gasteiger partial charge < -0.3 is 10.3 Å². The Kier molecular flexibility index (Phi) is 3.22. The van der Waals surface area contributed by atoms with E-state index in [4.69, 9.17) is 10.3 Å². The third-order valence-electron chi connectivity index (χ3n) is 3.59. The van der Waals surface area contributed by atoms with Crippen LogP contribution in [0.3, 0.4) is 0 Å². The van der Waals surface area contributed by atoms with E-state index < -0.39 is 0 Å². The smallest absolute Gasteiger partial charge is 0.230 e. The molecule has 0 atom stereocenters. The third-order valence-corrected chi connectivity index (χ3v) is 3.59. The standard InChI is InChI=1S/C17H15FN2O/c1-10-5-3-4-6-13(10)15-16(20-21-17(15)19)14-9-12(18)8-7-11(14)2/h3-9H,19H2,1-2H3. The Bertz CT molecular complexity index is 808. The molecule has 0 fully saturated rings. The minimum absolute atomic E-state index is 0.239. The summed E-state index contributed by atoms with van der Waals surface area (Å²) in [5.74, 6) is -0.0733. The van der Waals surface area contributed by atoms with E-state index in [1.807, 2.05) is 38.1 Å². The quantitative estimate of drug-likeness (QED) is 0.760. The zero-order valence-electron chi connectivity index (χ0n) is 11.9. The Morgan fingerprint density at radius 1 is 1.00 bits per heavy atom. The molecule has 0 saturated heterocycles. The van der Waals surface area contributed by atoms with Crippen molar-refractivity contribution in [3.63, 3.8) is 0 Å². The lowest BCUT2D eigenvalue weighted by Gasteiger charge is -2.08. The van der Waals surface area contributed by atoms with Gasteiger partial charge in [-0.2, -0.15) is 0 Å². The van der Waals surface area contributed by atoms with Crippen LogP contribution in [0.1, 0.15) is 11.1 Å². The normalized spacial score (nSPS) is 10.8. The van der Waals surface area contributed by atoms with Gasteiger partial charge in [-0.3, -0.25) is 0 Å². The number of nitrogens with two attached hydrogens (primary N) is 1. The molecule has 21 heavy (non-hydrogen) atoms. The maximum absolute atomic E-state index is 13.6. The SMILES string of the molecule is Cc1ccc(F)cc1-c1noc(N)c1-c1ccccc1C. The number of hydrogen-bond donors (Lipinski definition) is 1. The van der Waals surface area contributed by atoms with Gasteiger partial charge in [0.15, 0.2) is 0 Å². The molecule has 2 N–H and O–H groups in total. The van der Waals surface area contributed by atoms with E-state index in [1.54, 1.807) is 6.07 Å². The molecular weight excluding hydrogens is 267 g/mol. The van der Waals surface area contributed by atoms with E-state index in [0.29, 0.717) is 16.8 Å². The zero-order valence-corrected chi connectivity index (χ0v) is 11.9. The number of nitrogens with zero attached hydrogens (tertiary/aromatic N) is 1. The van der Waals surface area contributed by atoms with Gasteiger partial charge in [-0.05, 0) is 42.7 Å². The molecule has 0 aliphatic carbocycles. The molecule has 3 rings (SSSR count). The summed E-state index contributed by atoms with van der Waals surface area (Å²) in [5, 5.41) is 4.04. The highest BCUT2D eigenvalue weighted by molar-refractivity contribution is 5.88. The Labute approximate surface area is 122 Å². The van der Waals surface area contributed by atoms with Crippen LogP contribution >= 0.6 is 0 Å². The number of hydrogen-bond acceptors (Lipinski definition) is 3. The highest BCUT2D eigenvalue weighted by Crippen LogP contribution is 2.38. The van der Waals surface area contributed by atoms with Gasteiger partial charge in [0.05, 0.1) is 5.56 Å². The number of halogens is 1. The number of aromatic nitrogens is 1. The minimum atomic E-state index is -0.312. The fraction of sp³-hybridized carbons (Fsp3) is 0.118. The molecular formula is C17H15FN2O. The van der Waals surface area contributed by atoms with Crippen LogP contribution < -0.4 is 5.73 Å². The van der Waals surface area contributed by atoms with Crippen LogP contribution in [0.15, 0.2) is 47.0 Å². The molecule has 0 spiro atoms. The predicted molar refractivity (Wildman–Crippen MR) is 81.2 cm³/mol. The van der Waals surface area contributed by atoms with Crippen molar-refractivity contribution in [2.75, 3.05) is 5.73 Å². The highest BCUT2D eigenvalue weighted by Gasteiger charge is 2.20. The van der Waals surface area contributed by atoms with Gasteiger partial charge in [0.25, 0.3) is 0 Å². The summed E-state index contributed by atoms with van der Waals surface area (Å²) in [5.41, 5.74) is 10.8. The molecule has 0 saturated carbocycles. The lowest BCUT2D eigenvalue weighted by Crippen LogP contribution is -1.92. The van der Waals surface area contributed by atoms with E-state index >= 15 is 0 Å². The number of aryl methyl sites for hydroxylation is 2.